The summed E-state index contributed by atoms with van der Waals surface area (Å²) in [4.78, 5) is 25.7. The molecule has 0 aliphatic carbocycles. The zero-order valence-corrected chi connectivity index (χ0v) is 16.2. The van der Waals surface area contributed by atoms with Crippen molar-refractivity contribution in [3.05, 3.63) is 44.5 Å². The van der Waals surface area contributed by atoms with Gasteiger partial charge in [-0.3, -0.25) is 14.2 Å². The Hall–Kier alpha value is -1.96. The minimum absolute atomic E-state index is 0.0726. The van der Waals surface area contributed by atoms with E-state index in [1.807, 2.05) is 18.2 Å². The van der Waals surface area contributed by atoms with E-state index in [2.05, 4.69) is 13.8 Å². The van der Waals surface area contributed by atoms with Crippen LogP contribution in [-0.4, -0.2) is 38.8 Å². The Labute approximate surface area is 157 Å². The first kappa shape index (κ1) is 18.4. The topological polar surface area (TPSA) is 82.7 Å². The number of aromatic nitrogens is 2. The third kappa shape index (κ3) is 2.85. The van der Waals surface area contributed by atoms with E-state index < -0.39 is 29.1 Å². The molecule has 7 nitrogen and oxygen atoms in total. The van der Waals surface area contributed by atoms with Gasteiger partial charge in [-0.2, -0.15) is 0 Å². The molecule has 0 unspecified atom stereocenters. The molecular formula is C20H26N2O5. The maximum atomic E-state index is 12.9. The van der Waals surface area contributed by atoms with Gasteiger partial charge in [0, 0.05) is 6.54 Å². The molecule has 1 saturated heterocycles. The molecule has 1 fully saturated rings. The highest BCUT2D eigenvalue weighted by Gasteiger charge is 2.41. The maximum Gasteiger partial charge on any atom is 0.317 e. The predicted molar refractivity (Wildman–Crippen MR) is 101 cm³/mol. The van der Waals surface area contributed by atoms with Gasteiger partial charge in [-0.25, -0.2) is 0 Å². The van der Waals surface area contributed by atoms with Gasteiger partial charge in [0.05, 0.1) is 24.2 Å². The Kier molecular flexibility index (Phi) is 4.10. The van der Waals surface area contributed by atoms with E-state index in [0.29, 0.717) is 6.54 Å². The van der Waals surface area contributed by atoms with E-state index in [9.17, 15) is 14.7 Å². The summed E-state index contributed by atoms with van der Waals surface area (Å²) in [7, 11) is 0. The summed E-state index contributed by atoms with van der Waals surface area (Å²) in [6, 6.07) is 5.82. The van der Waals surface area contributed by atoms with E-state index in [1.54, 1.807) is 18.4 Å². The lowest BCUT2D eigenvalue weighted by Gasteiger charge is -2.33. The molecule has 1 aromatic carbocycles. The summed E-state index contributed by atoms with van der Waals surface area (Å²) in [5.74, 6) is -0.842. The summed E-state index contributed by atoms with van der Waals surface area (Å²) in [5, 5.41) is 9.63. The molecule has 3 heterocycles. The monoisotopic (exact) mass is 374 g/mol. The van der Waals surface area contributed by atoms with Crippen molar-refractivity contribution in [1.82, 2.24) is 9.13 Å². The van der Waals surface area contributed by atoms with Crippen molar-refractivity contribution in [3.8, 4) is 0 Å². The van der Waals surface area contributed by atoms with E-state index in [1.165, 1.54) is 4.57 Å². The van der Waals surface area contributed by atoms with Crippen molar-refractivity contribution in [2.75, 3.05) is 6.61 Å². The largest absolute Gasteiger partial charge is 0.394 e. The molecule has 2 aliphatic rings. The summed E-state index contributed by atoms with van der Waals surface area (Å²) in [5.41, 5.74) is 1.46. The number of aliphatic hydroxyl groups is 1. The number of nitrogens with zero attached hydrogens (tertiary/aromatic N) is 2. The summed E-state index contributed by atoms with van der Waals surface area (Å²) < 4.78 is 14.7. The number of benzene rings is 1. The molecular weight excluding hydrogens is 348 g/mol. The third-order valence-electron chi connectivity index (χ3n) is 5.77. The van der Waals surface area contributed by atoms with Crippen LogP contribution in [0, 0.1) is 0 Å². The molecule has 1 aromatic heterocycles. The smallest absolute Gasteiger partial charge is 0.317 e. The normalized spacial score (nSPS) is 25.8. The third-order valence-corrected chi connectivity index (χ3v) is 5.77. The van der Waals surface area contributed by atoms with Crippen LogP contribution >= 0.6 is 0 Å². The van der Waals surface area contributed by atoms with Crippen LogP contribution in [0.4, 0.5) is 0 Å². The zero-order chi connectivity index (χ0) is 19.6. The Balaban J connectivity index is 1.91. The Morgan fingerprint density at radius 2 is 1.81 bits per heavy atom. The van der Waals surface area contributed by atoms with Crippen LogP contribution in [0.1, 0.15) is 39.7 Å². The van der Waals surface area contributed by atoms with Crippen LogP contribution in [0.2, 0.25) is 0 Å². The van der Waals surface area contributed by atoms with Crippen LogP contribution in [-0.2, 0) is 28.0 Å². The second-order valence-corrected chi connectivity index (χ2v) is 8.57. The van der Waals surface area contributed by atoms with Gasteiger partial charge in [-0.05, 0) is 37.3 Å². The molecule has 4 rings (SSSR count). The van der Waals surface area contributed by atoms with Crippen LogP contribution in [0.25, 0.3) is 11.0 Å². The molecule has 7 heteroatoms. The van der Waals surface area contributed by atoms with Crippen LogP contribution < -0.4 is 11.1 Å². The van der Waals surface area contributed by atoms with Gasteiger partial charge in [0.1, 0.15) is 12.2 Å². The first-order valence-corrected chi connectivity index (χ1v) is 9.38. The van der Waals surface area contributed by atoms with Gasteiger partial charge >= 0.3 is 11.1 Å². The van der Waals surface area contributed by atoms with Gasteiger partial charge in [0.15, 0.2) is 5.79 Å². The van der Waals surface area contributed by atoms with Crippen molar-refractivity contribution >= 4 is 11.0 Å². The van der Waals surface area contributed by atoms with E-state index in [0.717, 1.165) is 23.0 Å². The second kappa shape index (κ2) is 6.02. The molecule has 0 radical (unpaired) electrons. The highest BCUT2D eigenvalue weighted by atomic mass is 16.8. The SMILES string of the molecule is CC1(C)O[C@@H](CO)[C@H](Cn2c(=O)c(=O)n3c4c(cccc42)C(C)(C)CC3)O1. The van der Waals surface area contributed by atoms with Crippen molar-refractivity contribution < 1.29 is 14.6 Å². The predicted octanol–water partition coefficient (Wildman–Crippen LogP) is 1.36. The molecule has 2 aromatic rings. The molecule has 27 heavy (non-hydrogen) atoms. The molecule has 0 spiro atoms. The molecule has 2 atom stereocenters. The fourth-order valence-electron chi connectivity index (χ4n) is 4.34. The number of para-hydroxylation sites is 1. The van der Waals surface area contributed by atoms with Crippen LogP contribution in [0.3, 0.4) is 0 Å². The number of hydrogen-bond donors (Lipinski definition) is 1. The number of aryl methyl sites for hydroxylation is 1. The second-order valence-electron chi connectivity index (χ2n) is 8.57. The van der Waals surface area contributed by atoms with Crippen LogP contribution in [0.5, 0.6) is 0 Å². The fourth-order valence-corrected chi connectivity index (χ4v) is 4.34. The summed E-state index contributed by atoms with van der Waals surface area (Å²) in [6.07, 6.45) is -0.249. The van der Waals surface area contributed by atoms with Crippen molar-refractivity contribution in [1.29, 1.82) is 0 Å². The van der Waals surface area contributed by atoms with E-state index in [-0.39, 0.29) is 18.6 Å². The number of rotatable bonds is 3. The molecule has 146 valence electrons. The lowest BCUT2D eigenvalue weighted by atomic mass is 9.78. The van der Waals surface area contributed by atoms with Crippen molar-refractivity contribution in [2.45, 2.75) is 70.6 Å². The molecule has 1 N–H and O–H groups in total. The van der Waals surface area contributed by atoms with Crippen LogP contribution in [0.15, 0.2) is 27.8 Å². The number of aliphatic hydroxyl groups excluding tert-OH is 1. The highest BCUT2D eigenvalue weighted by molar-refractivity contribution is 5.81. The highest BCUT2D eigenvalue weighted by Crippen LogP contribution is 2.36. The number of ether oxygens (including phenoxy) is 2. The quantitative estimate of drug-likeness (QED) is 0.821. The number of hydrogen-bond acceptors (Lipinski definition) is 5. The van der Waals surface area contributed by atoms with E-state index >= 15 is 0 Å². The Bertz CT molecular complexity index is 1020. The first-order valence-electron chi connectivity index (χ1n) is 9.38. The summed E-state index contributed by atoms with van der Waals surface area (Å²) >= 11 is 0. The zero-order valence-electron chi connectivity index (χ0n) is 16.2. The Morgan fingerprint density at radius 3 is 2.52 bits per heavy atom. The van der Waals surface area contributed by atoms with Crippen molar-refractivity contribution in [3.63, 3.8) is 0 Å². The summed E-state index contributed by atoms with van der Waals surface area (Å²) in [6.45, 7) is 8.33. The average Bonchev–Trinajstić information content (AvgIpc) is 2.91. The van der Waals surface area contributed by atoms with Crippen molar-refractivity contribution in [2.24, 2.45) is 0 Å². The minimum Gasteiger partial charge on any atom is -0.394 e. The minimum atomic E-state index is -0.842. The fraction of sp³-hybridized carbons (Fsp3) is 0.600. The lowest BCUT2D eigenvalue weighted by Crippen LogP contribution is -2.46. The molecule has 0 bridgehead atoms. The van der Waals surface area contributed by atoms with Gasteiger partial charge in [-0.15, -0.1) is 0 Å². The molecule has 0 amide bonds. The lowest BCUT2D eigenvalue weighted by molar-refractivity contribution is -0.149. The maximum absolute atomic E-state index is 12.9. The first-order chi connectivity index (χ1) is 12.6. The van der Waals surface area contributed by atoms with Gasteiger partial charge in [0.25, 0.3) is 0 Å². The molecule has 2 aliphatic heterocycles. The van der Waals surface area contributed by atoms with Gasteiger partial charge in [-0.1, -0.05) is 26.0 Å². The molecule has 0 saturated carbocycles. The average molecular weight is 374 g/mol. The van der Waals surface area contributed by atoms with E-state index in [4.69, 9.17) is 9.47 Å². The van der Waals surface area contributed by atoms with Gasteiger partial charge < -0.3 is 19.1 Å². The van der Waals surface area contributed by atoms with Gasteiger partial charge in [0.2, 0.25) is 0 Å². The Morgan fingerprint density at radius 1 is 1.11 bits per heavy atom. The standard InChI is InChI=1S/C20H26N2O5/c1-19(2)8-9-21-16-12(19)6-5-7-13(16)22(18(25)17(21)24)10-14-15(11-23)27-20(3,4)26-14/h5-7,14-15,23H,8-11H2,1-4H3/t14-,15-/m0/s1.